The smallest absolute Gasteiger partial charge is 0.316 e. The van der Waals surface area contributed by atoms with Crippen LogP contribution in [0.2, 0.25) is 0 Å². The van der Waals surface area contributed by atoms with E-state index in [1.165, 1.54) is 0 Å². The number of amidine groups is 1. The lowest BCUT2D eigenvalue weighted by atomic mass is 10.0. The Kier molecular flexibility index (Phi) is 4.33. The van der Waals surface area contributed by atoms with Gasteiger partial charge >= 0.3 is 5.17 Å². The zero-order chi connectivity index (χ0) is 18.4. The molecule has 7 heteroatoms. The van der Waals surface area contributed by atoms with Gasteiger partial charge in [0.15, 0.2) is 18.0 Å². The van der Waals surface area contributed by atoms with Gasteiger partial charge in [0.05, 0.1) is 6.54 Å². The Morgan fingerprint density at radius 1 is 1.07 bits per heavy atom. The molecular formula is C20H20BrN2O3S+. The van der Waals surface area contributed by atoms with Crippen LogP contribution in [0.5, 0.6) is 11.5 Å². The number of benzene rings is 2. The number of fused-ring (bicyclic) bond motifs is 1. The van der Waals surface area contributed by atoms with Crippen LogP contribution in [0.4, 0.5) is 5.69 Å². The number of aliphatic hydroxyl groups is 1. The minimum atomic E-state index is -1.09. The van der Waals surface area contributed by atoms with Crippen molar-refractivity contribution in [3.8, 4) is 11.5 Å². The Morgan fingerprint density at radius 3 is 2.67 bits per heavy atom. The van der Waals surface area contributed by atoms with Gasteiger partial charge in [0.2, 0.25) is 0 Å². The first kappa shape index (κ1) is 17.4. The van der Waals surface area contributed by atoms with Gasteiger partial charge in [0.1, 0.15) is 18.9 Å². The van der Waals surface area contributed by atoms with Gasteiger partial charge in [-0.2, -0.15) is 0 Å². The average molecular weight is 448 g/mol. The van der Waals surface area contributed by atoms with Crippen LogP contribution in [0.1, 0.15) is 12.0 Å². The van der Waals surface area contributed by atoms with Gasteiger partial charge in [-0.25, -0.2) is 9.48 Å². The molecule has 5 rings (SSSR count). The van der Waals surface area contributed by atoms with Crippen molar-refractivity contribution in [1.29, 1.82) is 0 Å². The highest BCUT2D eigenvalue weighted by Crippen LogP contribution is 2.41. The number of β-amino-alcohol motifs (C(OH)–C–C–N with tert-alkyl or cyclic N) is 1. The summed E-state index contributed by atoms with van der Waals surface area (Å²) < 4.78 is 14.6. The number of rotatable bonds is 2. The normalized spacial score (nSPS) is 24.1. The van der Waals surface area contributed by atoms with Crippen molar-refractivity contribution in [2.24, 2.45) is 0 Å². The second-order valence-corrected chi connectivity index (χ2v) is 8.85. The van der Waals surface area contributed by atoms with Gasteiger partial charge in [-0.05, 0) is 60.6 Å². The summed E-state index contributed by atoms with van der Waals surface area (Å²) in [6.45, 7) is 2.42. The largest absolute Gasteiger partial charge is 0.486 e. The first-order valence-electron chi connectivity index (χ1n) is 9.08. The summed E-state index contributed by atoms with van der Waals surface area (Å²) in [7, 11) is 0. The molecule has 1 N–H and O–H groups in total. The van der Waals surface area contributed by atoms with Crippen LogP contribution < -0.4 is 14.4 Å². The molecule has 2 aromatic rings. The lowest BCUT2D eigenvalue weighted by molar-refractivity contribution is -0.656. The summed E-state index contributed by atoms with van der Waals surface area (Å²) in [6, 6.07) is 14.0. The minimum absolute atomic E-state index is 0.483. The summed E-state index contributed by atoms with van der Waals surface area (Å²) in [5, 5.41) is 12.9. The third-order valence-electron chi connectivity index (χ3n) is 5.19. The lowest BCUT2D eigenvalue weighted by Gasteiger charge is -2.26. The molecule has 0 bridgehead atoms. The standard InChI is InChI=1S/C20H20BrN2O3S/c21-15-3-5-16(6-4-15)22-13-20(24,23-8-1-11-27-19(22)23)14-2-7-17-18(12-14)26-10-9-25-17/h2-7,12,24H,1,8-11,13H2/q+1/t20-/m1/s1. The quantitative estimate of drug-likeness (QED) is 0.714. The molecule has 0 saturated heterocycles. The van der Waals surface area contributed by atoms with Gasteiger partial charge in [0.25, 0.3) is 5.72 Å². The number of hydrogen-bond acceptors (Lipinski definition) is 5. The highest BCUT2D eigenvalue weighted by Gasteiger charge is 2.53. The van der Waals surface area contributed by atoms with Crippen LogP contribution in [0, 0.1) is 0 Å². The van der Waals surface area contributed by atoms with Crippen LogP contribution in [-0.4, -0.2) is 46.9 Å². The van der Waals surface area contributed by atoms with E-state index in [9.17, 15) is 5.11 Å². The molecule has 3 heterocycles. The van der Waals surface area contributed by atoms with Gasteiger partial charge in [0, 0.05) is 15.8 Å². The fourth-order valence-electron chi connectivity index (χ4n) is 3.86. The van der Waals surface area contributed by atoms with E-state index < -0.39 is 5.72 Å². The van der Waals surface area contributed by atoms with E-state index in [2.05, 4.69) is 37.5 Å². The third-order valence-corrected chi connectivity index (χ3v) is 6.91. The third kappa shape index (κ3) is 2.92. The van der Waals surface area contributed by atoms with E-state index in [4.69, 9.17) is 9.47 Å². The number of ether oxygens (including phenoxy) is 2. The highest BCUT2D eigenvalue weighted by atomic mass is 79.9. The Labute approximate surface area is 170 Å². The topological polar surface area (TPSA) is 44.9 Å². The van der Waals surface area contributed by atoms with Crippen LogP contribution in [0.3, 0.4) is 0 Å². The number of anilines is 1. The second kappa shape index (κ2) is 6.72. The summed E-state index contributed by atoms with van der Waals surface area (Å²) in [6.07, 6.45) is 1.05. The van der Waals surface area contributed by atoms with Crippen LogP contribution in [0.25, 0.3) is 0 Å². The number of halogens is 1. The van der Waals surface area contributed by atoms with E-state index >= 15 is 0 Å². The predicted molar refractivity (Wildman–Crippen MR) is 110 cm³/mol. The molecule has 0 radical (unpaired) electrons. The zero-order valence-corrected chi connectivity index (χ0v) is 17.1. The Morgan fingerprint density at radius 2 is 1.85 bits per heavy atom. The molecule has 0 fully saturated rings. The molecule has 0 amide bonds. The molecule has 0 aliphatic carbocycles. The molecule has 0 aromatic heterocycles. The molecule has 0 saturated carbocycles. The molecule has 5 nitrogen and oxygen atoms in total. The van der Waals surface area contributed by atoms with Crippen LogP contribution in [-0.2, 0) is 5.72 Å². The Bertz CT molecular complexity index is 918. The van der Waals surface area contributed by atoms with Crippen molar-refractivity contribution in [2.45, 2.75) is 12.1 Å². The van der Waals surface area contributed by atoms with Gasteiger partial charge in [-0.1, -0.05) is 15.9 Å². The summed E-state index contributed by atoms with van der Waals surface area (Å²) in [4.78, 5) is 2.22. The van der Waals surface area contributed by atoms with Crippen molar-refractivity contribution in [3.63, 3.8) is 0 Å². The molecule has 140 valence electrons. The fraction of sp³-hybridized carbons (Fsp3) is 0.350. The molecule has 2 aromatic carbocycles. The fourth-order valence-corrected chi connectivity index (χ4v) is 5.31. The molecule has 3 aliphatic heterocycles. The van der Waals surface area contributed by atoms with E-state index in [1.54, 1.807) is 0 Å². The molecule has 0 spiro atoms. The monoisotopic (exact) mass is 447 g/mol. The van der Waals surface area contributed by atoms with E-state index in [0.29, 0.717) is 25.5 Å². The van der Waals surface area contributed by atoms with Crippen molar-refractivity contribution >= 4 is 38.5 Å². The van der Waals surface area contributed by atoms with E-state index in [0.717, 1.165) is 45.4 Å². The SMILES string of the molecule is O[C@@]1(c2ccc3c(c2)OCCO3)CN(c2ccc(Br)cc2)C2=[N+]1CCCS2. The maximum absolute atomic E-state index is 11.8. The molecular weight excluding hydrogens is 428 g/mol. The average Bonchev–Trinajstić information content (AvgIpc) is 3.03. The molecule has 3 aliphatic rings. The summed E-state index contributed by atoms with van der Waals surface area (Å²) in [5.41, 5.74) is 0.832. The number of hydrogen-bond donors (Lipinski definition) is 1. The van der Waals surface area contributed by atoms with Crippen molar-refractivity contribution in [3.05, 3.63) is 52.5 Å². The van der Waals surface area contributed by atoms with E-state index in [1.807, 2.05) is 42.1 Å². The predicted octanol–water partition coefficient (Wildman–Crippen LogP) is 3.39. The number of nitrogens with zero attached hydrogens (tertiary/aromatic N) is 2. The van der Waals surface area contributed by atoms with Crippen molar-refractivity contribution in [1.82, 2.24) is 0 Å². The maximum atomic E-state index is 11.8. The first-order chi connectivity index (χ1) is 13.1. The highest BCUT2D eigenvalue weighted by molar-refractivity contribution is 9.10. The molecule has 1 atom stereocenters. The second-order valence-electron chi connectivity index (χ2n) is 6.87. The van der Waals surface area contributed by atoms with Crippen molar-refractivity contribution < 1.29 is 19.2 Å². The first-order valence-corrected chi connectivity index (χ1v) is 10.9. The zero-order valence-electron chi connectivity index (χ0n) is 14.7. The van der Waals surface area contributed by atoms with Gasteiger partial charge in [-0.15, -0.1) is 0 Å². The Balaban J connectivity index is 1.57. The molecule has 27 heavy (non-hydrogen) atoms. The summed E-state index contributed by atoms with van der Waals surface area (Å²) >= 11 is 5.31. The molecule has 0 unspecified atom stereocenters. The maximum Gasteiger partial charge on any atom is 0.316 e. The van der Waals surface area contributed by atoms with Crippen LogP contribution >= 0.6 is 27.7 Å². The van der Waals surface area contributed by atoms with Gasteiger partial charge in [-0.3, -0.25) is 0 Å². The lowest BCUT2D eigenvalue weighted by Crippen LogP contribution is -2.41. The van der Waals surface area contributed by atoms with Gasteiger partial charge < -0.3 is 14.6 Å². The van der Waals surface area contributed by atoms with Crippen LogP contribution in [0.15, 0.2) is 46.9 Å². The van der Waals surface area contributed by atoms with Crippen molar-refractivity contribution in [2.75, 3.05) is 37.0 Å². The Hall–Kier alpha value is -1.70. The minimum Gasteiger partial charge on any atom is -0.486 e. The summed E-state index contributed by atoms with van der Waals surface area (Å²) in [5.74, 6) is 2.52. The number of thioether (sulfide) groups is 1. The van der Waals surface area contributed by atoms with E-state index in [-0.39, 0.29) is 0 Å².